The summed E-state index contributed by atoms with van der Waals surface area (Å²) in [4.78, 5) is 10.9. The minimum atomic E-state index is -4.70. The van der Waals surface area contributed by atoms with Crippen molar-refractivity contribution in [1.29, 1.82) is 0 Å². The van der Waals surface area contributed by atoms with Gasteiger partial charge in [0.15, 0.2) is 6.10 Å². The molecule has 0 heterocycles. The van der Waals surface area contributed by atoms with Crippen LogP contribution in [0.5, 0.6) is 0 Å². The van der Waals surface area contributed by atoms with Crippen LogP contribution in [0.2, 0.25) is 0 Å². The molecule has 90 valence electrons. The van der Waals surface area contributed by atoms with Crippen molar-refractivity contribution in [3.8, 4) is 0 Å². The first-order valence-corrected chi connectivity index (χ1v) is 4.47. The van der Waals surface area contributed by atoms with Gasteiger partial charge >= 0.3 is 6.18 Å². The predicted octanol–water partition coefficient (Wildman–Crippen LogP) is 0.452. The third-order valence-corrected chi connectivity index (χ3v) is 1.55. The topological polar surface area (TPSA) is 58.6 Å². The molecule has 0 saturated carbocycles. The molecule has 0 saturated heterocycles. The fourth-order valence-corrected chi connectivity index (χ4v) is 0.724. The van der Waals surface area contributed by atoms with E-state index in [1.807, 2.05) is 5.32 Å². The van der Waals surface area contributed by atoms with Crippen molar-refractivity contribution in [1.82, 2.24) is 5.32 Å². The van der Waals surface area contributed by atoms with Crippen LogP contribution in [-0.4, -0.2) is 43.1 Å². The Morgan fingerprint density at radius 3 is 2.60 bits per heavy atom. The quantitative estimate of drug-likeness (QED) is 0.650. The Labute approximate surface area is 85.4 Å². The molecule has 0 radical (unpaired) electrons. The lowest BCUT2D eigenvalue weighted by Gasteiger charge is -2.14. The van der Waals surface area contributed by atoms with Gasteiger partial charge in [-0.2, -0.15) is 13.2 Å². The number of hydrogen-bond acceptors (Lipinski definition) is 3. The fraction of sp³-hybridized carbons (Fsp3) is 0.875. The summed E-state index contributed by atoms with van der Waals surface area (Å²) in [6.07, 6.45) is -7.24. The van der Waals surface area contributed by atoms with Crippen molar-refractivity contribution < 1.29 is 27.8 Å². The first-order valence-electron chi connectivity index (χ1n) is 4.47. The van der Waals surface area contributed by atoms with Crippen LogP contribution in [0.3, 0.4) is 0 Å². The SMILES string of the molecule is CCOCCC(=O)NCC(O)C(F)(F)F. The molecule has 15 heavy (non-hydrogen) atoms. The molecule has 4 nitrogen and oxygen atoms in total. The van der Waals surface area contributed by atoms with E-state index in [0.29, 0.717) is 6.61 Å². The third-order valence-electron chi connectivity index (χ3n) is 1.55. The molecule has 0 spiro atoms. The van der Waals surface area contributed by atoms with E-state index in [1.165, 1.54) is 0 Å². The highest BCUT2D eigenvalue weighted by Crippen LogP contribution is 2.19. The molecule has 0 fully saturated rings. The number of amides is 1. The van der Waals surface area contributed by atoms with Crippen LogP contribution in [-0.2, 0) is 9.53 Å². The zero-order valence-electron chi connectivity index (χ0n) is 8.30. The number of halogens is 3. The van der Waals surface area contributed by atoms with E-state index >= 15 is 0 Å². The Kier molecular flexibility index (Phi) is 6.26. The first kappa shape index (κ1) is 14.2. The zero-order valence-corrected chi connectivity index (χ0v) is 8.30. The standard InChI is InChI=1S/C8H14F3NO3/c1-2-15-4-3-7(14)12-5-6(13)8(9,10)11/h6,13H,2-5H2,1H3,(H,12,14). The molecule has 7 heteroatoms. The molecule has 0 aromatic rings. The minimum Gasteiger partial charge on any atom is -0.382 e. The van der Waals surface area contributed by atoms with Crippen molar-refractivity contribution in [2.75, 3.05) is 19.8 Å². The van der Waals surface area contributed by atoms with Gasteiger partial charge in [-0.05, 0) is 6.92 Å². The first-order chi connectivity index (χ1) is 6.88. The van der Waals surface area contributed by atoms with Crippen molar-refractivity contribution in [3.05, 3.63) is 0 Å². The monoisotopic (exact) mass is 229 g/mol. The third kappa shape index (κ3) is 7.15. The highest BCUT2D eigenvalue weighted by Gasteiger charge is 2.38. The van der Waals surface area contributed by atoms with Crippen molar-refractivity contribution in [2.45, 2.75) is 25.6 Å². The largest absolute Gasteiger partial charge is 0.416 e. The molecular formula is C8H14F3NO3. The Morgan fingerprint density at radius 2 is 2.13 bits per heavy atom. The van der Waals surface area contributed by atoms with E-state index < -0.39 is 24.7 Å². The maximum atomic E-state index is 11.8. The van der Waals surface area contributed by atoms with E-state index in [4.69, 9.17) is 9.84 Å². The van der Waals surface area contributed by atoms with E-state index in [0.717, 1.165) is 0 Å². The van der Waals surface area contributed by atoms with Crippen LogP contribution in [0.25, 0.3) is 0 Å². The van der Waals surface area contributed by atoms with Gasteiger partial charge in [-0.1, -0.05) is 0 Å². The van der Waals surface area contributed by atoms with Gasteiger partial charge in [-0.15, -0.1) is 0 Å². The summed E-state index contributed by atoms with van der Waals surface area (Å²) in [7, 11) is 0. The van der Waals surface area contributed by atoms with Crippen molar-refractivity contribution >= 4 is 5.91 Å². The van der Waals surface area contributed by atoms with E-state index in [9.17, 15) is 18.0 Å². The second kappa shape index (κ2) is 6.62. The lowest BCUT2D eigenvalue weighted by atomic mass is 10.3. The van der Waals surface area contributed by atoms with Gasteiger partial charge in [-0.3, -0.25) is 4.79 Å². The van der Waals surface area contributed by atoms with Crippen LogP contribution in [0.15, 0.2) is 0 Å². The number of aliphatic hydroxyl groups is 1. The predicted molar refractivity (Wildman–Crippen MR) is 46.2 cm³/mol. The molecule has 1 unspecified atom stereocenters. The summed E-state index contributed by atoms with van der Waals surface area (Å²) in [6, 6.07) is 0. The van der Waals surface area contributed by atoms with E-state index in [2.05, 4.69) is 0 Å². The molecule has 0 aliphatic rings. The van der Waals surface area contributed by atoms with Gasteiger partial charge in [0.05, 0.1) is 13.2 Å². The highest BCUT2D eigenvalue weighted by molar-refractivity contribution is 5.75. The number of hydrogen-bond donors (Lipinski definition) is 2. The van der Waals surface area contributed by atoms with Gasteiger partial charge in [0, 0.05) is 13.0 Å². The van der Waals surface area contributed by atoms with Crippen molar-refractivity contribution in [3.63, 3.8) is 0 Å². The second-order valence-corrected chi connectivity index (χ2v) is 2.81. The number of ether oxygens (including phenoxy) is 1. The lowest BCUT2D eigenvalue weighted by molar-refractivity contribution is -0.201. The molecule has 0 aliphatic carbocycles. The average Bonchev–Trinajstić information content (AvgIpc) is 2.13. The summed E-state index contributed by atoms with van der Waals surface area (Å²) in [5, 5.41) is 10.5. The molecule has 1 amide bonds. The highest BCUT2D eigenvalue weighted by atomic mass is 19.4. The molecule has 1 atom stereocenters. The number of rotatable bonds is 6. The number of nitrogens with one attached hydrogen (secondary N) is 1. The lowest BCUT2D eigenvalue weighted by Crippen LogP contribution is -2.40. The number of alkyl halides is 3. The summed E-state index contributed by atoms with van der Waals surface area (Å²) in [6.45, 7) is 1.52. The summed E-state index contributed by atoms with van der Waals surface area (Å²) in [5.41, 5.74) is 0. The smallest absolute Gasteiger partial charge is 0.382 e. The van der Waals surface area contributed by atoms with E-state index in [-0.39, 0.29) is 13.0 Å². The Hall–Kier alpha value is -0.820. The summed E-state index contributed by atoms with van der Waals surface area (Å²) >= 11 is 0. The van der Waals surface area contributed by atoms with Gasteiger partial charge in [-0.25, -0.2) is 0 Å². The summed E-state index contributed by atoms with van der Waals surface area (Å²) in [5.74, 6) is -0.577. The van der Waals surface area contributed by atoms with Crippen LogP contribution in [0.1, 0.15) is 13.3 Å². The maximum Gasteiger partial charge on any atom is 0.416 e. The molecule has 0 bridgehead atoms. The molecule has 0 aliphatic heterocycles. The van der Waals surface area contributed by atoms with E-state index in [1.54, 1.807) is 6.92 Å². The summed E-state index contributed by atoms with van der Waals surface area (Å²) < 4.78 is 40.2. The molecular weight excluding hydrogens is 215 g/mol. The average molecular weight is 229 g/mol. The second-order valence-electron chi connectivity index (χ2n) is 2.81. The fourth-order valence-electron chi connectivity index (χ4n) is 0.724. The Bertz CT molecular complexity index is 196. The van der Waals surface area contributed by atoms with Crippen LogP contribution < -0.4 is 5.32 Å². The normalized spacial score (nSPS) is 13.7. The Balaban J connectivity index is 3.62. The number of aliphatic hydroxyl groups excluding tert-OH is 1. The van der Waals surface area contributed by atoms with Gasteiger partial charge < -0.3 is 15.2 Å². The van der Waals surface area contributed by atoms with Crippen LogP contribution >= 0.6 is 0 Å². The number of carbonyl (C=O) groups is 1. The number of carbonyl (C=O) groups excluding carboxylic acids is 1. The minimum absolute atomic E-state index is 0.0155. The van der Waals surface area contributed by atoms with Gasteiger partial charge in [0.1, 0.15) is 0 Å². The Morgan fingerprint density at radius 1 is 1.53 bits per heavy atom. The van der Waals surface area contributed by atoms with Gasteiger partial charge in [0.25, 0.3) is 0 Å². The molecule has 2 N–H and O–H groups in total. The molecule has 0 aromatic heterocycles. The zero-order chi connectivity index (χ0) is 11.9. The van der Waals surface area contributed by atoms with Gasteiger partial charge in [0.2, 0.25) is 5.91 Å². The maximum absolute atomic E-state index is 11.8. The van der Waals surface area contributed by atoms with Crippen LogP contribution in [0.4, 0.5) is 13.2 Å². The molecule has 0 rings (SSSR count). The molecule has 0 aromatic carbocycles. The van der Waals surface area contributed by atoms with Crippen LogP contribution in [0, 0.1) is 0 Å². The van der Waals surface area contributed by atoms with Crippen molar-refractivity contribution in [2.24, 2.45) is 0 Å².